The molecule has 0 aromatic rings. The van der Waals surface area contributed by atoms with Crippen LogP contribution in [0, 0.1) is 0 Å². The van der Waals surface area contributed by atoms with Crippen LogP contribution in [0.3, 0.4) is 0 Å². The van der Waals surface area contributed by atoms with Crippen LogP contribution in [0.25, 0.3) is 0 Å². The largest absolute Gasteiger partial charge is 0.481 e. The fourth-order valence-electron chi connectivity index (χ4n) is 1.51. The molecule has 3 nitrogen and oxygen atoms in total. The summed E-state index contributed by atoms with van der Waals surface area (Å²) >= 11 is 0. The number of carbonyl (C=O) groups is 1. The lowest BCUT2D eigenvalue weighted by molar-refractivity contribution is -0.137. The van der Waals surface area contributed by atoms with Gasteiger partial charge in [-0.1, -0.05) is 38.3 Å². The van der Waals surface area contributed by atoms with Gasteiger partial charge in [0.1, 0.15) is 0 Å². The third-order valence-corrected chi connectivity index (χ3v) is 2.51. The van der Waals surface area contributed by atoms with Gasteiger partial charge in [0.05, 0.1) is 6.10 Å². The summed E-state index contributed by atoms with van der Waals surface area (Å²) in [6.45, 7) is 2.18. The van der Waals surface area contributed by atoms with Gasteiger partial charge in [-0.05, 0) is 19.3 Å². The maximum Gasteiger partial charge on any atom is 0.303 e. The van der Waals surface area contributed by atoms with Crippen molar-refractivity contribution >= 4 is 5.97 Å². The number of allylic oxidation sites excluding steroid dienone is 1. The average molecular weight is 228 g/mol. The molecule has 0 amide bonds. The lowest BCUT2D eigenvalue weighted by Gasteiger charge is -2.09. The minimum absolute atomic E-state index is 0.191. The molecule has 1 N–H and O–H groups in total. The van der Waals surface area contributed by atoms with Gasteiger partial charge < -0.3 is 9.84 Å². The van der Waals surface area contributed by atoms with Gasteiger partial charge in [0.2, 0.25) is 0 Å². The Hall–Kier alpha value is -0.830. The molecule has 0 radical (unpaired) electrons. The van der Waals surface area contributed by atoms with Crippen LogP contribution in [0.15, 0.2) is 12.2 Å². The predicted octanol–water partition coefficient (Wildman–Crippen LogP) is 3.39. The Morgan fingerprint density at radius 2 is 2.12 bits per heavy atom. The number of rotatable bonds is 10. The second-order valence-corrected chi connectivity index (χ2v) is 3.98. The number of ether oxygens (including phenoxy) is 1. The Balaban J connectivity index is 3.58. The molecule has 0 aliphatic heterocycles. The molecule has 0 saturated heterocycles. The van der Waals surface area contributed by atoms with Gasteiger partial charge in [0, 0.05) is 13.5 Å². The molecular formula is C13H24O3. The van der Waals surface area contributed by atoms with E-state index in [4.69, 9.17) is 9.84 Å². The molecule has 0 aliphatic rings. The van der Waals surface area contributed by atoms with Crippen molar-refractivity contribution in [2.75, 3.05) is 7.11 Å². The smallest absolute Gasteiger partial charge is 0.303 e. The van der Waals surface area contributed by atoms with Crippen molar-refractivity contribution in [1.82, 2.24) is 0 Å². The van der Waals surface area contributed by atoms with E-state index in [0.717, 1.165) is 12.8 Å². The Labute approximate surface area is 98.5 Å². The van der Waals surface area contributed by atoms with E-state index in [2.05, 4.69) is 13.0 Å². The van der Waals surface area contributed by atoms with Crippen molar-refractivity contribution in [3.63, 3.8) is 0 Å². The number of carboxylic acid groups (broad SMARTS) is 1. The van der Waals surface area contributed by atoms with Crippen LogP contribution >= 0.6 is 0 Å². The molecule has 0 bridgehead atoms. The number of carboxylic acids is 1. The maximum atomic E-state index is 10.3. The first kappa shape index (κ1) is 15.2. The van der Waals surface area contributed by atoms with E-state index in [-0.39, 0.29) is 12.5 Å². The molecule has 0 aliphatic carbocycles. The second kappa shape index (κ2) is 10.7. The molecule has 0 saturated carbocycles. The third-order valence-electron chi connectivity index (χ3n) is 2.51. The van der Waals surface area contributed by atoms with Crippen LogP contribution in [-0.2, 0) is 9.53 Å². The maximum absolute atomic E-state index is 10.3. The summed E-state index contributed by atoms with van der Waals surface area (Å²) < 4.78 is 5.32. The van der Waals surface area contributed by atoms with E-state index in [9.17, 15) is 4.79 Å². The molecule has 0 heterocycles. The first-order chi connectivity index (χ1) is 7.70. The molecule has 16 heavy (non-hydrogen) atoms. The van der Waals surface area contributed by atoms with Crippen molar-refractivity contribution in [1.29, 1.82) is 0 Å². The fourth-order valence-corrected chi connectivity index (χ4v) is 1.51. The molecule has 0 unspecified atom stereocenters. The summed E-state index contributed by atoms with van der Waals surface area (Å²) in [6, 6.07) is 0. The third kappa shape index (κ3) is 9.71. The van der Waals surface area contributed by atoms with E-state index in [1.165, 1.54) is 19.3 Å². The highest BCUT2D eigenvalue weighted by Gasteiger charge is 2.01. The van der Waals surface area contributed by atoms with Crippen LogP contribution < -0.4 is 0 Å². The van der Waals surface area contributed by atoms with Crippen molar-refractivity contribution in [2.24, 2.45) is 0 Å². The van der Waals surface area contributed by atoms with Crippen LogP contribution in [0.5, 0.6) is 0 Å². The van der Waals surface area contributed by atoms with Gasteiger partial charge in [-0.3, -0.25) is 4.79 Å². The number of hydrogen-bond donors (Lipinski definition) is 1. The molecular weight excluding hydrogens is 204 g/mol. The minimum atomic E-state index is -0.723. The molecule has 0 fully saturated rings. The zero-order valence-electron chi connectivity index (χ0n) is 10.4. The highest BCUT2D eigenvalue weighted by molar-refractivity contribution is 5.66. The van der Waals surface area contributed by atoms with Gasteiger partial charge in [-0.15, -0.1) is 0 Å². The van der Waals surface area contributed by atoms with E-state index < -0.39 is 5.97 Å². The summed E-state index contributed by atoms with van der Waals surface area (Å²) in [7, 11) is 1.72. The Morgan fingerprint density at radius 1 is 1.38 bits per heavy atom. The Morgan fingerprint density at radius 3 is 2.69 bits per heavy atom. The lowest BCUT2D eigenvalue weighted by Crippen LogP contribution is -2.06. The molecule has 3 heteroatoms. The van der Waals surface area contributed by atoms with Crippen molar-refractivity contribution in [3.8, 4) is 0 Å². The first-order valence-corrected chi connectivity index (χ1v) is 6.12. The summed E-state index contributed by atoms with van der Waals surface area (Å²) in [5, 5.41) is 8.46. The highest BCUT2D eigenvalue weighted by Crippen LogP contribution is 2.08. The van der Waals surface area contributed by atoms with Crippen molar-refractivity contribution in [2.45, 2.75) is 58.0 Å². The van der Waals surface area contributed by atoms with Crippen molar-refractivity contribution < 1.29 is 14.6 Å². The first-order valence-electron chi connectivity index (χ1n) is 6.12. The number of hydrogen-bond acceptors (Lipinski definition) is 2. The number of methoxy groups -OCH3 is 1. The van der Waals surface area contributed by atoms with Crippen LogP contribution in [0.2, 0.25) is 0 Å². The average Bonchev–Trinajstić information content (AvgIpc) is 2.26. The summed E-state index contributed by atoms with van der Waals surface area (Å²) in [5.41, 5.74) is 0. The second-order valence-electron chi connectivity index (χ2n) is 3.98. The zero-order valence-corrected chi connectivity index (χ0v) is 10.4. The molecule has 0 rings (SSSR count). The molecule has 0 aromatic carbocycles. The van der Waals surface area contributed by atoms with Crippen LogP contribution in [0.1, 0.15) is 51.9 Å². The van der Waals surface area contributed by atoms with Crippen LogP contribution in [0.4, 0.5) is 0 Å². The fraction of sp³-hybridized carbons (Fsp3) is 0.769. The standard InChI is InChI=1S/C13H24O3/c1-3-4-6-9-12(16-2)10-7-5-8-11-13(14)15/h7,10,12H,3-6,8-9,11H2,1-2H3,(H,14,15)/b10-7+/t12-/m0/s1. The molecule has 0 aromatic heterocycles. The quantitative estimate of drug-likeness (QED) is 0.460. The van der Waals surface area contributed by atoms with E-state index >= 15 is 0 Å². The van der Waals surface area contributed by atoms with E-state index in [1.807, 2.05) is 6.08 Å². The Bertz CT molecular complexity index is 199. The SMILES string of the molecule is CCCCC[C@@H](/C=C/CCCC(=O)O)OC. The topological polar surface area (TPSA) is 46.5 Å². The lowest BCUT2D eigenvalue weighted by atomic mass is 10.1. The van der Waals surface area contributed by atoms with Crippen LogP contribution in [-0.4, -0.2) is 24.3 Å². The van der Waals surface area contributed by atoms with Gasteiger partial charge in [0.25, 0.3) is 0 Å². The van der Waals surface area contributed by atoms with Gasteiger partial charge in [0.15, 0.2) is 0 Å². The van der Waals surface area contributed by atoms with Gasteiger partial charge in [-0.2, -0.15) is 0 Å². The highest BCUT2D eigenvalue weighted by atomic mass is 16.5. The summed E-state index contributed by atoms with van der Waals surface area (Å²) in [5.74, 6) is -0.723. The minimum Gasteiger partial charge on any atom is -0.481 e. The van der Waals surface area contributed by atoms with E-state index in [1.54, 1.807) is 7.11 Å². The van der Waals surface area contributed by atoms with E-state index in [0.29, 0.717) is 6.42 Å². The zero-order chi connectivity index (χ0) is 12.2. The van der Waals surface area contributed by atoms with Gasteiger partial charge in [-0.25, -0.2) is 0 Å². The molecule has 94 valence electrons. The molecule has 0 spiro atoms. The monoisotopic (exact) mass is 228 g/mol. The normalized spacial score (nSPS) is 13.1. The number of aliphatic carboxylic acids is 1. The van der Waals surface area contributed by atoms with Gasteiger partial charge >= 0.3 is 5.97 Å². The summed E-state index contributed by atoms with van der Waals surface area (Å²) in [6.07, 6.45) is 10.8. The van der Waals surface area contributed by atoms with Crippen molar-refractivity contribution in [3.05, 3.63) is 12.2 Å². The predicted molar refractivity (Wildman–Crippen MR) is 65.6 cm³/mol. The summed E-state index contributed by atoms with van der Waals surface area (Å²) in [4.78, 5) is 10.3. The Kier molecular flexibility index (Phi) is 10.1. The number of unbranched alkanes of at least 4 members (excludes halogenated alkanes) is 3. The molecule has 1 atom stereocenters.